The Bertz CT molecular complexity index is 405. The molecule has 0 bridgehead atoms. The second-order valence-corrected chi connectivity index (χ2v) is 5.92. The van der Waals surface area contributed by atoms with Crippen LogP contribution in [0, 0.1) is 5.41 Å². The predicted molar refractivity (Wildman–Crippen MR) is 78.1 cm³/mol. The van der Waals surface area contributed by atoms with Gasteiger partial charge in [-0.05, 0) is 6.42 Å². The Labute approximate surface area is 111 Å². The summed E-state index contributed by atoms with van der Waals surface area (Å²) >= 11 is 0. The van der Waals surface area contributed by atoms with Crippen LogP contribution in [0.1, 0.15) is 47.0 Å². The SMILES string of the molecule is C=C/C=C/C(=C(\O)C(C)(C)C)[N+]1=C(C)CCCC1. The zero-order valence-electron chi connectivity index (χ0n) is 12.2. The van der Waals surface area contributed by atoms with Gasteiger partial charge >= 0.3 is 0 Å². The highest BCUT2D eigenvalue weighted by Crippen LogP contribution is 2.27. The minimum atomic E-state index is -0.238. The van der Waals surface area contributed by atoms with Gasteiger partial charge in [0.05, 0.1) is 0 Å². The minimum absolute atomic E-state index is 0.238. The number of hydrogen-bond acceptors (Lipinski definition) is 1. The fourth-order valence-electron chi connectivity index (χ4n) is 2.14. The summed E-state index contributed by atoms with van der Waals surface area (Å²) in [7, 11) is 0. The number of nitrogens with zero attached hydrogens (tertiary/aromatic N) is 1. The molecule has 1 rings (SSSR count). The van der Waals surface area contributed by atoms with Gasteiger partial charge in [-0.3, -0.25) is 0 Å². The summed E-state index contributed by atoms with van der Waals surface area (Å²) in [5.74, 6) is 0.446. The zero-order valence-corrected chi connectivity index (χ0v) is 12.2. The lowest BCUT2D eigenvalue weighted by molar-refractivity contribution is -0.481. The highest BCUT2D eigenvalue weighted by Gasteiger charge is 2.28. The van der Waals surface area contributed by atoms with Crippen LogP contribution in [0.25, 0.3) is 0 Å². The molecule has 0 aliphatic carbocycles. The maximum absolute atomic E-state index is 10.5. The van der Waals surface area contributed by atoms with Crippen LogP contribution in [0.5, 0.6) is 0 Å². The van der Waals surface area contributed by atoms with Crippen LogP contribution in [0.4, 0.5) is 0 Å². The van der Waals surface area contributed by atoms with Gasteiger partial charge < -0.3 is 5.11 Å². The summed E-state index contributed by atoms with van der Waals surface area (Å²) in [5.41, 5.74) is 2.01. The molecule has 0 amide bonds. The summed E-state index contributed by atoms with van der Waals surface area (Å²) in [4.78, 5) is 0. The molecule has 0 atom stereocenters. The maximum Gasteiger partial charge on any atom is 0.243 e. The lowest BCUT2D eigenvalue weighted by atomic mass is 9.92. The molecule has 2 heteroatoms. The lowest BCUT2D eigenvalue weighted by Gasteiger charge is -2.20. The molecule has 1 aliphatic heterocycles. The van der Waals surface area contributed by atoms with E-state index in [0.717, 1.165) is 18.7 Å². The average molecular weight is 248 g/mol. The van der Waals surface area contributed by atoms with Crippen LogP contribution in [0.2, 0.25) is 0 Å². The Morgan fingerprint density at radius 3 is 2.50 bits per heavy atom. The number of aliphatic hydroxyl groups excluding tert-OH is 1. The van der Waals surface area contributed by atoms with Gasteiger partial charge in [-0.15, -0.1) is 0 Å². The number of allylic oxidation sites excluding steroid dienone is 4. The summed E-state index contributed by atoms with van der Waals surface area (Å²) in [5, 5.41) is 10.5. The van der Waals surface area contributed by atoms with Gasteiger partial charge in [-0.2, -0.15) is 4.58 Å². The molecule has 1 N–H and O–H groups in total. The van der Waals surface area contributed by atoms with Gasteiger partial charge in [-0.25, -0.2) is 0 Å². The van der Waals surface area contributed by atoms with E-state index in [0.29, 0.717) is 5.76 Å². The van der Waals surface area contributed by atoms with Crippen LogP contribution < -0.4 is 0 Å². The first kappa shape index (κ1) is 14.7. The van der Waals surface area contributed by atoms with E-state index >= 15 is 0 Å². The van der Waals surface area contributed by atoms with Crippen LogP contribution in [-0.4, -0.2) is 21.9 Å². The Kier molecular flexibility index (Phi) is 4.94. The first-order valence-corrected chi connectivity index (χ1v) is 6.70. The van der Waals surface area contributed by atoms with Crippen molar-refractivity contribution < 1.29 is 9.68 Å². The first-order valence-electron chi connectivity index (χ1n) is 6.70. The molecule has 1 heterocycles. The van der Waals surface area contributed by atoms with Gasteiger partial charge in [0.2, 0.25) is 5.70 Å². The molecule has 0 saturated carbocycles. The van der Waals surface area contributed by atoms with Crippen molar-refractivity contribution in [3.63, 3.8) is 0 Å². The van der Waals surface area contributed by atoms with Gasteiger partial charge in [0.25, 0.3) is 0 Å². The molecular weight excluding hydrogens is 222 g/mol. The largest absolute Gasteiger partial charge is 0.506 e. The fourth-order valence-corrected chi connectivity index (χ4v) is 2.14. The predicted octanol–water partition coefficient (Wildman–Crippen LogP) is 4.20. The first-order chi connectivity index (χ1) is 8.38. The van der Waals surface area contributed by atoms with Crippen molar-refractivity contribution in [2.24, 2.45) is 5.41 Å². The van der Waals surface area contributed by atoms with Crippen LogP contribution >= 0.6 is 0 Å². The van der Waals surface area contributed by atoms with Crippen molar-refractivity contribution in [1.29, 1.82) is 0 Å². The van der Waals surface area contributed by atoms with Crippen LogP contribution in [0.3, 0.4) is 0 Å². The van der Waals surface area contributed by atoms with E-state index in [1.54, 1.807) is 6.08 Å². The van der Waals surface area contributed by atoms with E-state index in [1.807, 2.05) is 32.9 Å². The molecule has 1 aliphatic rings. The lowest BCUT2D eigenvalue weighted by Crippen LogP contribution is -2.27. The highest BCUT2D eigenvalue weighted by atomic mass is 16.3. The molecule has 0 aromatic carbocycles. The quantitative estimate of drug-likeness (QED) is 0.451. The van der Waals surface area contributed by atoms with Gasteiger partial charge in [0, 0.05) is 31.3 Å². The third kappa shape index (κ3) is 3.59. The van der Waals surface area contributed by atoms with E-state index in [4.69, 9.17) is 0 Å². The highest BCUT2D eigenvalue weighted by molar-refractivity contribution is 5.77. The normalized spacial score (nSPS) is 19.1. The summed E-state index contributed by atoms with van der Waals surface area (Å²) in [6.07, 6.45) is 9.14. The van der Waals surface area contributed by atoms with Gasteiger partial charge in [0.1, 0.15) is 6.54 Å². The molecule has 0 unspecified atom stereocenters. The summed E-state index contributed by atoms with van der Waals surface area (Å²) in [6.45, 7) is 12.9. The van der Waals surface area contributed by atoms with Gasteiger partial charge in [0.15, 0.2) is 11.5 Å². The molecular formula is C16H26NO+. The third-order valence-corrected chi connectivity index (χ3v) is 3.27. The van der Waals surface area contributed by atoms with Crippen molar-refractivity contribution in [3.05, 3.63) is 36.3 Å². The summed E-state index contributed by atoms with van der Waals surface area (Å²) in [6, 6.07) is 0. The van der Waals surface area contributed by atoms with Crippen molar-refractivity contribution in [2.45, 2.75) is 47.0 Å². The molecule has 0 radical (unpaired) electrons. The monoisotopic (exact) mass is 248 g/mol. The van der Waals surface area contributed by atoms with E-state index in [-0.39, 0.29) is 5.41 Å². The Balaban J connectivity index is 3.30. The maximum atomic E-state index is 10.5. The van der Waals surface area contributed by atoms with Crippen molar-refractivity contribution in [3.8, 4) is 0 Å². The Morgan fingerprint density at radius 1 is 1.33 bits per heavy atom. The van der Waals surface area contributed by atoms with Gasteiger partial charge in [-0.1, -0.05) is 39.5 Å². The second-order valence-electron chi connectivity index (χ2n) is 5.92. The number of hydrogen-bond donors (Lipinski definition) is 1. The fraction of sp³-hybridized carbons (Fsp3) is 0.562. The van der Waals surface area contributed by atoms with E-state index < -0.39 is 0 Å². The van der Waals surface area contributed by atoms with Crippen molar-refractivity contribution >= 4 is 5.71 Å². The number of rotatable bonds is 3. The average Bonchev–Trinajstić information content (AvgIpc) is 2.30. The topological polar surface area (TPSA) is 23.2 Å². The summed E-state index contributed by atoms with van der Waals surface area (Å²) < 4.78 is 2.24. The molecule has 18 heavy (non-hydrogen) atoms. The van der Waals surface area contributed by atoms with E-state index in [1.165, 1.54) is 18.6 Å². The zero-order chi connectivity index (χ0) is 13.8. The Hall–Kier alpha value is -1.31. The van der Waals surface area contributed by atoms with E-state index in [9.17, 15) is 5.11 Å². The molecule has 100 valence electrons. The van der Waals surface area contributed by atoms with Crippen LogP contribution in [0.15, 0.2) is 36.3 Å². The molecule has 0 spiro atoms. The van der Waals surface area contributed by atoms with Crippen LogP contribution in [-0.2, 0) is 0 Å². The van der Waals surface area contributed by atoms with Crippen molar-refractivity contribution in [1.82, 2.24) is 0 Å². The Morgan fingerprint density at radius 2 is 2.00 bits per heavy atom. The molecule has 0 fully saturated rings. The molecule has 2 nitrogen and oxygen atoms in total. The third-order valence-electron chi connectivity index (χ3n) is 3.27. The van der Waals surface area contributed by atoms with E-state index in [2.05, 4.69) is 18.1 Å². The number of aliphatic hydroxyl groups is 1. The standard InChI is InChI=1S/C16H25NO/c1-6-7-11-14(15(18)16(3,4)5)17-12-9-8-10-13(17)2/h6-7,11H,1,8-10,12H2,2-5H3/p+1/b11-7+,15-14+. The molecule has 0 aromatic rings. The smallest absolute Gasteiger partial charge is 0.243 e. The molecule has 0 aromatic heterocycles. The minimum Gasteiger partial charge on any atom is -0.506 e. The molecule has 0 saturated heterocycles. The second kappa shape index (κ2) is 6.03. The van der Waals surface area contributed by atoms with Crippen molar-refractivity contribution in [2.75, 3.05) is 6.54 Å².